The maximum Gasteiger partial charge on any atom is 0.276 e. The second-order valence-corrected chi connectivity index (χ2v) is 5.80. The Morgan fingerprint density at radius 1 is 1.04 bits per heavy atom. The summed E-state index contributed by atoms with van der Waals surface area (Å²) in [6.45, 7) is 5.66. The first-order valence-corrected chi connectivity index (χ1v) is 7.87. The van der Waals surface area contributed by atoms with Crippen molar-refractivity contribution in [2.45, 2.75) is 20.8 Å². The van der Waals surface area contributed by atoms with Gasteiger partial charge in [0.05, 0.1) is 17.1 Å². The molecule has 0 unspecified atom stereocenters. The summed E-state index contributed by atoms with van der Waals surface area (Å²) in [5.41, 5.74) is 3.68. The van der Waals surface area contributed by atoms with Crippen molar-refractivity contribution in [1.29, 1.82) is 0 Å². The van der Waals surface area contributed by atoms with Crippen LogP contribution < -0.4 is 10.9 Å². The van der Waals surface area contributed by atoms with Gasteiger partial charge in [0.1, 0.15) is 5.69 Å². The lowest BCUT2D eigenvalue weighted by Gasteiger charge is -2.12. The predicted molar refractivity (Wildman–Crippen MR) is 96.2 cm³/mol. The molecule has 0 spiro atoms. The molecular formula is C19H18N4O2. The maximum absolute atomic E-state index is 12.6. The highest BCUT2D eigenvalue weighted by molar-refractivity contribution is 6.03. The van der Waals surface area contributed by atoms with Gasteiger partial charge in [0.25, 0.3) is 11.5 Å². The summed E-state index contributed by atoms with van der Waals surface area (Å²) < 4.78 is 1.21. The fourth-order valence-electron chi connectivity index (χ4n) is 2.68. The third-order valence-corrected chi connectivity index (χ3v) is 3.80. The number of para-hydroxylation sites is 1. The number of aromatic nitrogens is 3. The fraction of sp³-hybridized carbons (Fsp3) is 0.158. The minimum Gasteiger partial charge on any atom is -0.319 e. The van der Waals surface area contributed by atoms with Gasteiger partial charge in [-0.1, -0.05) is 18.2 Å². The minimum absolute atomic E-state index is 0.155. The highest BCUT2D eigenvalue weighted by Crippen LogP contribution is 2.19. The van der Waals surface area contributed by atoms with Crippen LogP contribution in [0.4, 0.5) is 5.69 Å². The van der Waals surface area contributed by atoms with Crippen molar-refractivity contribution in [2.24, 2.45) is 0 Å². The van der Waals surface area contributed by atoms with E-state index in [4.69, 9.17) is 0 Å². The molecule has 1 amide bonds. The number of pyridine rings is 1. The molecule has 0 aliphatic rings. The summed E-state index contributed by atoms with van der Waals surface area (Å²) in [6.07, 6.45) is 0. The Balaban J connectivity index is 1.95. The van der Waals surface area contributed by atoms with Crippen molar-refractivity contribution in [3.05, 3.63) is 81.5 Å². The van der Waals surface area contributed by atoms with Crippen molar-refractivity contribution < 1.29 is 4.79 Å². The number of carbonyl (C=O) groups excluding carboxylic acids is 1. The van der Waals surface area contributed by atoms with E-state index in [0.29, 0.717) is 11.4 Å². The number of hydrogen-bond donors (Lipinski definition) is 1. The third kappa shape index (κ3) is 3.47. The van der Waals surface area contributed by atoms with E-state index in [-0.39, 0.29) is 17.2 Å². The number of nitrogens with one attached hydrogen (secondary N) is 1. The first-order chi connectivity index (χ1) is 12.0. The van der Waals surface area contributed by atoms with Crippen LogP contribution in [0.3, 0.4) is 0 Å². The van der Waals surface area contributed by atoms with E-state index in [2.05, 4.69) is 15.4 Å². The monoisotopic (exact) mass is 334 g/mol. The molecule has 1 N–H and O–H groups in total. The lowest BCUT2D eigenvalue weighted by molar-refractivity contribution is 0.102. The van der Waals surface area contributed by atoms with Gasteiger partial charge in [0.2, 0.25) is 0 Å². The predicted octanol–water partition coefficient (Wildman–Crippen LogP) is 2.81. The van der Waals surface area contributed by atoms with Crippen LogP contribution in [0, 0.1) is 20.8 Å². The summed E-state index contributed by atoms with van der Waals surface area (Å²) in [5.74, 6) is -0.387. The molecule has 25 heavy (non-hydrogen) atoms. The van der Waals surface area contributed by atoms with Crippen LogP contribution in [0.15, 0.2) is 53.3 Å². The summed E-state index contributed by atoms with van der Waals surface area (Å²) in [6, 6.07) is 13.6. The standard InChI is InChI=1S/C19H18N4O2/c1-12-11-13(2)20-14(3)18(12)21-19(25)16-9-10-17(24)23(22-16)15-7-5-4-6-8-15/h4-11H,1-3H3,(H,21,25). The molecule has 1 aromatic carbocycles. The number of aryl methyl sites for hydroxylation is 3. The van der Waals surface area contributed by atoms with Crippen LogP contribution in [0.2, 0.25) is 0 Å². The van der Waals surface area contributed by atoms with E-state index in [1.807, 2.05) is 32.9 Å². The molecule has 2 heterocycles. The van der Waals surface area contributed by atoms with Gasteiger partial charge in [0, 0.05) is 11.8 Å². The summed E-state index contributed by atoms with van der Waals surface area (Å²) in [7, 11) is 0. The van der Waals surface area contributed by atoms with Crippen LogP contribution in [0.1, 0.15) is 27.4 Å². The number of nitrogens with zero attached hydrogens (tertiary/aromatic N) is 3. The first-order valence-electron chi connectivity index (χ1n) is 7.87. The Morgan fingerprint density at radius 3 is 2.44 bits per heavy atom. The van der Waals surface area contributed by atoms with Gasteiger partial charge in [0.15, 0.2) is 0 Å². The van der Waals surface area contributed by atoms with Gasteiger partial charge >= 0.3 is 0 Å². The van der Waals surface area contributed by atoms with Gasteiger partial charge in [-0.15, -0.1) is 0 Å². The normalized spacial score (nSPS) is 10.5. The Bertz CT molecular complexity index is 971. The Labute approximate surface area is 145 Å². The summed E-state index contributed by atoms with van der Waals surface area (Å²) >= 11 is 0. The van der Waals surface area contributed by atoms with Crippen molar-refractivity contribution in [3.8, 4) is 5.69 Å². The number of rotatable bonds is 3. The first kappa shape index (κ1) is 16.6. The highest BCUT2D eigenvalue weighted by Gasteiger charge is 2.14. The lowest BCUT2D eigenvalue weighted by atomic mass is 10.1. The molecule has 6 nitrogen and oxygen atoms in total. The fourth-order valence-corrected chi connectivity index (χ4v) is 2.68. The number of benzene rings is 1. The molecule has 6 heteroatoms. The average Bonchev–Trinajstić information content (AvgIpc) is 2.59. The molecule has 0 fully saturated rings. The minimum atomic E-state index is -0.387. The van der Waals surface area contributed by atoms with E-state index in [9.17, 15) is 9.59 Å². The molecule has 0 aliphatic carbocycles. The number of anilines is 1. The molecule has 0 saturated carbocycles. The van der Waals surface area contributed by atoms with Crippen LogP contribution in [0.25, 0.3) is 5.69 Å². The van der Waals surface area contributed by atoms with Crippen LogP contribution in [-0.2, 0) is 0 Å². The lowest BCUT2D eigenvalue weighted by Crippen LogP contribution is -2.25. The number of carbonyl (C=O) groups is 1. The zero-order valence-corrected chi connectivity index (χ0v) is 14.3. The molecule has 0 radical (unpaired) electrons. The second-order valence-electron chi connectivity index (χ2n) is 5.80. The van der Waals surface area contributed by atoms with Gasteiger partial charge in [-0.3, -0.25) is 14.6 Å². The van der Waals surface area contributed by atoms with Crippen LogP contribution >= 0.6 is 0 Å². The largest absolute Gasteiger partial charge is 0.319 e. The molecule has 3 rings (SSSR count). The second kappa shape index (κ2) is 6.68. The summed E-state index contributed by atoms with van der Waals surface area (Å²) in [4.78, 5) is 29.0. The topological polar surface area (TPSA) is 76.9 Å². The van der Waals surface area contributed by atoms with E-state index >= 15 is 0 Å². The quantitative estimate of drug-likeness (QED) is 0.799. The molecule has 0 aliphatic heterocycles. The van der Waals surface area contributed by atoms with Crippen molar-refractivity contribution in [1.82, 2.24) is 14.8 Å². The number of amides is 1. The van der Waals surface area contributed by atoms with Gasteiger partial charge in [-0.25, -0.2) is 0 Å². The van der Waals surface area contributed by atoms with E-state index in [1.165, 1.54) is 16.8 Å². The zero-order chi connectivity index (χ0) is 18.0. The van der Waals surface area contributed by atoms with Gasteiger partial charge in [-0.2, -0.15) is 9.78 Å². The van der Waals surface area contributed by atoms with Crippen LogP contribution in [-0.4, -0.2) is 20.7 Å². The van der Waals surface area contributed by atoms with E-state index in [1.54, 1.807) is 24.3 Å². The molecule has 2 aromatic heterocycles. The molecule has 0 bridgehead atoms. The van der Waals surface area contributed by atoms with Crippen molar-refractivity contribution in [2.75, 3.05) is 5.32 Å². The molecule has 0 atom stereocenters. The Morgan fingerprint density at radius 2 is 1.76 bits per heavy atom. The zero-order valence-electron chi connectivity index (χ0n) is 14.3. The van der Waals surface area contributed by atoms with E-state index < -0.39 is 0 Å². The third-order valence-electron chi connectivity index (χ3n) is 3.80. The molecule has 3 aromatic rings. The highest BCUT2D eigenvalue weighted by atomic mass is 16.2. The van der Waals surface area contributed by atoms with Crippen molar-refractivity contribution in [3.63, 3.8) is 0 Å². The average molecular weight is 334 g/mol. The van der Waals surface area contributed by atoms with Gasteiger partial charge in [-0.05, 0) is 50.6 Å². The van der Waals surface area contributed by atoms with E-state index in [0.717, 1.165) is 17.0 Å². The Hall–Kier alpha value is -3.28. The molecule has 0 saturated heterocycles. The molecular weight excluding hydrogens is 316 g/mol. The van der Waals surface area contributed by atoms with Crippen molar-refractivity contribution >= 4 is 11.6 Å². The Kier molecular flexibility index (Phi) is 4.43. The maximum atomic E-state index is 12.6. The van der Waals surface area contributed by atoms with Crippen LogP contribution in [0.5, 0.6) is 0 Å². The summed E-state index contributed by atoms with van der Waals surface area (Å²) in [5, 5.41) is 7.03. The SMILES string of the molecule is Cc1cc(C)c(NC(=O)c2ccc(=O)n(-c3ccccc3)n2)c(C)n1. The number of hydrogen-bond acceptors (Lipinski definition) is 4. The smallest absolute Gasteiger partial charge is 0.276 e. The molecule has 126 valence electrons. The van der Waals surface area contributed by atoms with Gasteiger partial charge < -0.3 is 5.32 Å².